The lowest BCUT2D eigenvalue weighted by atomic mass is 10.2. The number of hydrogen-bond acceptors (Lipinski definition) is 4. The van der Waals surface area contributed by atoms with Crippen LogP contribution in [0.5, 0.6) is 0 Å². The number of anilines is 1. The van der Waals surface area contributed by atoms with Gasteiger partial charge in [0.15, 0.2) is 0 Å². The van der Waals surface area contributed by atoms with Crippen LogP contribution in [0, 0.1) is 6.92 Å². The number of rotatable bonds is 6. The van der Waals surface area contributed by atoms with E-state index in [4.69, 9.17) is 5.14 Å². The molecule has 6 heteroatoms. The zero-order chi connectivity index (χ0) is 12.9. The molecule has 4 nitrogen and oxygen atoms in total. The van der Waals surface area contributed by atoms with Gasteiger partial charge in [0.05, 0.1) is 4.90 Å². The summed E-state index contributed by atoms with van der Waals surface area (Å²) >= 11 is 1.79. The average Bonchev–Trinajstić information content (AvgIpc) is 2.25. The van der Waals surface area contributed by atoms with E-state index in [1.54, 1.807) is 24.8 Å². The van der Waals surface area contributed by atoms with Crippen molar-refractivity contribution in [3.8, 4) is 0 Å². The third-order valence-corrected chi connectivity index (χ3v) is 4.18. The molecule has 17 heavy (non-hydrogen) atoms. The van der Waals surface area contributed by atoms with Crippen molar-refractivity contribution in [3.63, 3.8) is 0 Å². The molecule has 0 unspecified atom stereocenters. The van der Waals surface area contributed by atoms with Crippen LogP contribution >= 0.6 is 11.8 Å². The number of sulfonamides is 1. The van der Waals surface area contributed by atoms with Crippen LogP contribution in [0.2, 0.25) is 0 Å². The molecule has 0 aromatic heterocycles. The first kappa shape index (κ1) is 14.3. The van der Waals surface area contributed by atoms with Crippen molar-refractivity contribution in [2.24, 2.45) is 5.14 Å². The number of primary sulfonamides is 1. The smallest absolute Gasteiger partial charge is 0.238 e. The summed E-state index contributed by atoms with van der Waals surface area (Å²) < 4.78 is 22.7. The van der Waals surface area contributed by atoms with E-state index in [9.17, 15) is 8.42 Å². The zero-order valence-corrected chi connectivity index (χ0v) is 11.7. The van der Waals surface area contributed by atoms with Gasteiger partial charge in [-0.05, 0) is 43.0 Å². The van der Waals surface area contributed by atoms with Gasteiger partial charge in [0, 0.05) is 12.2 Å². The number of nitrogens with two attached hydrogens (primary N) is 1. The third-order valence-electron chi connectivity index (χ3n) is 2.43. The molecule has 0 aliphatic rings. The van der Waals surface area contributed by atoms with Gasteiger partial charge in [-0.1, -0.05) is 6.07 Å². The minimum absolute atomic E-state index is 0.187. The SMILES string of the molecule is CSCCCNc1cccc(S(N)(=O)=O)c1C. The Kier molecular flexibility index (Phi) is 5.30. The van der Waals surface area contributed by atoms with Crippen LogP contribution in [0.1, 0.15) is 12.0 Å². The highest BCUT2D eigenvalue weighted by Crippen LogP contribution is 2.21. The molecular weight excluding hydrogens is 256 g/mol. The van der Waals surface area contributed by atoms with Crippen molar-refractivity contribution < 1.29 is 8.42 Å². The van der Waals surface area contributed by atoms with Gasteiger partial charge >= 0.3 is 0 Å². The lowest BCUT2D eigenvalue weighted by Gasteiger charge is -2.11. The topological polar surface area (TPSA) is 72.2 Å². The van der Waals surface area contributed by atoms with Gasteiger partial charge in [-0.3, -0.25) is 0 Å². The Bertz CT molecular complexity index is 472. The summed E-state index contributed by atoms with van der Waals surface area (Å²) in [6.45, 7) is 2.59. The van der Waals surface area contributed by atoms with Crippen molar-refractivity contribution in [2.45, 2.75) is 18.2 Å². The lowest BCUT2D eigenvalue weighted by Crippen LogP contribution is -2.15. The summed E-state index contributed by atoms with van der Waals surface area (Å²) in [7, 11) is -3.64. The molecule has 0 saturated carbocycles. The van der Waals surface area contributed by atoms with Crippen molar-refractivity contribution in [1.29, 1.82) is 0 Å². The van der Waals surface area contributed by atoms with Crippen LogP contribution in [-0.2, 0) is 10.0 Å². The Morgan fingerprint density at radius 1 is 1.41 bits per heavy atom. The van der Waals surface area contributed by atoms with E-state index in [0.29, 0.717) is 5.56 Å². The maximum absolute atomic E-state index is 11.3. The fourth-order valence-electron chi connectivity index (χ4n) is 1.55. The third kappa shape index (κ3) is 4.22. The molecular formula is C11H18N2O2S2. The van der Waals surface area contributed by atoms with Gasteiger partial charge in [-0.2, -0.15) is 11.8 Å². The zero-order valence-electron chi connectivity index (χ0n) is 10.1. The van der Waals surface area contributed by atoms with Crippen LogP contribution in [-0.4, -0.2) is 27.0 Å². The van der Waals surface area contributed by atoms with Gasteiger partial charge in [-0.15, -0.1) is 0 Å². The minimum Gasteiger partial charge on any atom is -0.385 e. The van der Waals surface area contributed by atoms with E-state index >= 15 is 0 Å². The fourth-order valence-corrected chi connectivity index (χ4v) is 2.79. The molecule has 0 amide bonds. The quantitative estimate of drug-likeness (QED) is 0.776. The molecule has 0 bridgehead atoms. The number of thioether (sulfide) groups is 1. The van der Waals surface area contributed by atoms with Crippen molar-refractivity contribution in [1.82, 2.24) is 0 Å². The van der Waals surface area contributed by atoms with Gasteiger partial charge in [-0.25, -0.2) is 13.6 Å². The highest BCUT2D eigenvalue weighted by Gasteiger charge is 2.13. The second kappa shape index (κ2) is 6.28. The Balaban J connectivity index is 2.81. The Labute approximate surface area is 107 Å². The van der Waals surface area contributed by atoms with Crippen LogP contribution in [0.4, 0.5) is 5.69 Å². The number of benzene rings is 1. The van der Waals surface area contributed by atoms with E-state index in [1.165, 1.54) is 6.07 Å². The lowest BCUT2D eigenvalue weighted by molar-refractivity contribution is 0.597. The molecule has 0 aliphatic heterocycles. The Morgan fingerprint density at radius 2 is 2.12 bits per heavy atom. The van der Waals surface area contributed by atoms with E-state index < -0.39 is 10.0 Å². The predicted molar refractivity (Wildman–Crippen MR) is 74.0 cm³/mol. The van der Waals surface area contributed by atoms with Crippen molar-refractivity contribution >= 4 is 27.5 Å². The van der Waals surface area contributed by atoms with Gasteiger partial charge in [0.1, 0.15) is 0 Å². The number of nitrogens with one attached hydrogen (secondary N) is 1. The van der Waals surface area contributed by atoms with Gasteiger partial charge < -0.3 is 5.32 Å². The first-order valence-corrected chi connectivity index (χ1v) is 8.26. The van der Waals surface area contributed by atoms with Crippen LogP contribution in [0.25, 0.3) is 0 Å². The molecule has 0 aliphatic carbocycles. The van der Waals surface area contributed by atoms with Crippen LogP contribution in [0.15, 0.2) is 23.1 Å². The fraction of sp³-hybridized carbons (Fsp3) is 0.455. The van der Waals surface area contributed by atoms with Crippen LogP contribution in [0.3, 0.4) is 0 Å². The molecule has 1 rings (SSSR count). The normalized spacial score (nSPS) is 11.5. The van der Waals surface area contributed by atoms with E-state index in [0.717, 1.165) is 24.4 Å². The monoisotopic (exact) mass is 274 g/mol. The molecule has 1 aromatic rings. The largest absolute Gasteiger partial charge is 0.385 e. The highest BCUT2D eigenvalue weighted by atomic mass is 32.2. The molecule has 0 heterocycles. The Hall–Kier alpha value is -0.720. The first-order chi connectivity index (χ1) is 7.96. The van der Waals surface area contributed by atoms with Gasteiger partial charge in [0.2, 0.25) is 10.0 Å². The summed E-state index contributed by atoms with van der Waals surface area (Å²) in [6.07, 6.45) is 3.10. The molecule has 3 N–H and O–H groups in total. The van der Waals surface area contributed by atoms with Crippen molar-refractivity contribution in [3.05, 3.63) is 23.8 Å². The minimum atomic E-state index is -3.64. The molecule has 0 radical (unpaired) electrons. The molecule has 0 spiro atoms. The molecule has 0 atom stereocenters. The molecule has 0 saturated heterocycles. The molecule has 0 fully saturated rings. The highest BCUT2D eigenvalue weighted by molar-refractivity contribution is 7.98. The Morgan fingerprint density at radius 3 is 2.71 bits per heavy atom. The van der Waals surface area contributed by atoms with Gasteiger partial charge in [0.25, 0.3) is 0 Å². The van der Waals surface area contributed by atoms with Crippen LogP contribution < -0.4 is 10.5 Å². The summed E-state index contributed by atoms with van der Waals surface area (Å²) in [5, 5.41) is 8.37. The predicted octanol–water partition coefficient (Wildman–Crippen LogP) is 1.81. The summed E-state index contributed by atoms with van der Waals surface area (Å²) in [5.41, 5.74) is 1.51. The summed E-state index contributed by atoms with van der Waals surface area (Å²) in [4.78, 5) is 0.187. The second-order valence-electron chi connectivity index (χ2n) is 3.75. The standard InChI is InChI=1S/C11H18N2O2S2/c1-9-10(13-7-4-8-16-2)5-3-6-11(9)17(12,14)15/h3,5-6,13H,4,7-8H2,1-2H3,(H2,12,14,15). The molecule has 1 aromatic carbocycles. The molecule has 96 valence electrons. The van der Waals surface area contributed by atoms with E-state index in [2.05, 4.69) is 11.6 Å². The second-order valence-corrected chi connectivity index (χ2v) is 6.26. The van der Waals surface area contributed by atoms with E-state index in [-0.39, 0.29) is 4.90 Å². The summed E-state index contributed by atoms with van der Waals surface area (Å²) in [5.74, 6) is 1.08. The van der Waals surface area contributed by atoms with Crippen molar-refractivity contribution in [2.75, 3.05) is 23.9 Å². The number of hydrogen-bond donors (Lipinski definition) is 2. The van der Waals surface area contributed by atoms with E-state index in [1.807, 2.05) is 6.07 Å². The average molecular weight is 274 g/mol. The maximum atomic E-state index is 11.3. The maximum Gasteiger partial charge on any atom is 0.238 e. The first-order valence-electron chi connectivity index (χ1n) is 5.32. The summed E-state index contributed by atoms with van der Waals surface area (Å²) in [6, 6.07) is 5.09.